The van der Waals surface area contributed by atoms with Gasteiger partial charge in [-0.05, 0) is 92.8 Å². The number of aliphatic hydroxyl groups excluding tert-OH is 14. The van der Waals surface area contributed by atoms with Crippen LogP contribution in [-0.4, -0.2) is 257 Å². The average molecular weight is 1190 g/mol. The molecule has 4 heterocycles. The summed E-state index contributed by atoms with van der Waals surface area (Å²) >= 11 is 0. The van der Waals surface area contributed by atoms with Crippen molar-refractivity contribution in [1.82, 2.24) is 0 Å². The number of aliphatic carboxylic acids is 1. The molecule has 9 aliphatic rings. The summed E-state index contributed by atoms with van der Waals surface area (Å²) in [6, 6.07) is 0. The van der Waals surface area contributed by atoms with Crippen LogP contribution in [0.3, 0.4) is 0 Å². The fraction of sp³-hybridized carbons (Fsp3) is 0.895. The molecule has 5 aliphatic carbocycles. The summed E-state index contributed by atoms with van der Waals surface area (Å²) in [6.07, 6.45) is -32.2. The zero-order valence-corrected chi connectivity index (χ0v) is 48.3. The number of rotatable bonds is 14. The number of fused-ring (bicyclic) bond motifs is 7. The second kappa shape index (κ2) is 23.8. The zero-order chi connectivity index (χ0) is 61.0. The van der Waals surface area contributed by atoms with E-state index >= 15 is 0 Å². The van der Waals surface area contributed by atoms with Crippen molar-refractivity contribution >= 4 is 11.9 Å². The lowest BCUT2D eigenvalue weighted by atomic mass is 9.33. The normalized spacial score (nSPS) is 52.7. The SMILES string of the molecule is C/C=C(/C)C(=O)O[C@H]1[C@H](O)[C@]2(CO)[C@H](O)C[C@]3(C)C(=CC[C@@H]4[C@@]5(C)CC[C@H](O[C@@H]6O[C@H](C(=O)O)[C@@H](O)[C@H](O[C@@H]7OC[C@H](O)[C@H](O)[C@H]7O[C@@H]7OC[C@@H](O)[C@H](O)[C@H]7O)[C@H]6O[C@@H]6O[C@H](CO)[C@H](O)[C@H](O)[C@H]6O)[C@@](C)(CO)[C@@H]5CC[C@]43C)[C@@H]2CC1(C)C. The molecular weight excluding hydrogens is 1100 g/mol. The van der Waals surface area contributed by atoms with Crippen molar-refractivity contribution in [2.75, 3.05) is 33.0 Å². The van der Waals surface area contributed by atoms with Crippen LogP contribution in [-0.2, 0) is 52.2 Å². The molecule has 0 aromatic rings. The number of ether oxygens (including phenoxy) is 9. The summed E-state index contributed by atoms with van der Waals surface area (Å²) in [6.45, 7) is 12.5. The van der Waals surface area contributed by atoms with E-state index < -0.39 is 218 Å². The van der Waals surface area contributed by atoms with Crippen molar-refractivity contribution in [3.05, 3.63) is 23.3 Å². The fourth-order valence-electron chi connectivity index (χ4n) is 16.8. The van der Waals surface area contributed by atoms with Crippen LogP contribution in [0.5, 0.6) is 0 Å². The summed E-state index contributed by atoms with van der Waals surface area (Å²) in [5, 5.41) is 167. The highest BCUT2D eigenvalue weighted by Gasteiger charge is 2.73. The zero-order valence-electron chi connectivity index (χ0n) is 48.3. The van der Waals surface area contributed by atoms with Gasteiger partial charge in [-0.1, -0.05) is 59.3 Å². The molecule has 26 heteroatoms. The summed E-state index contributed by atoms with van der Waals surface area (Å²) < 4.78 is 54.3. The molecule has 8 fully saturated rings. The maximum absolute atomic E-state index is 13.2. The van der Waals surface area contributed by atoms with Crippen LogP contribution < -0.4 is 0 Å². The summed E-state index contributed by atoms with van der Waals surface area (Å²) in [4.78, 5) is 26.3. The van der Waals surface area contributed by atoms with Crippen LogP contribution in [0.2, 0.25) is 0 Å². The summed E-state index contributed by atoms with van der Waals surface area (Å²) in [5.74, 6) is -3.24. The minimum absolute atomic E-state index is 0.0901. The molecule has 0 spiro atoms. The van der Waals surface area contributed by atoms with Gasteiger partial charge in [0.1, 0.15) is 91.6 Å². The predicted molar refractivity (Wildman–Crippen MR) is 280 cm³/mol. The van der Waals surface area contributed by atoms with Gasteiger partial charge in [0.05, 0.1) is 50.7 Å². The highest BCUT2D eigenvalue weighted by molar-refractivity contribution is 5.87. The topological polar surface area (TPSA) is 421 Å². The Morgan fingerprint density at radius 1 is 0.663 bits per heavy atom. The number of aliphatic hydroxyl groups is 14. The number of hydrogen-bond donors (Lipinski definition) is 15. The molecule has 83 heavy (non-hydrogen) atoms. The van der Waals surface area contributed by atoms with E-state index in [1.807, 2.05) is 20.8 Å². The van der Waals surface area contributed by atoms with Crippen molar-refractivity contribution in [3.8, 4) is 0 Å². The van der Waals surface area contributed by atoms with Crippen LogP contribution in [0.1, 0.15) is 100 Å². The van der Waals surface area contributed by atoms with Gasteiger partial charge in [-0.15, -0.1) is 0 Å². The molecule has 0 unspecified atom stereocenters. The van der Waals surface area contributed by atoms with E-state index in [1.54, 1.807) is 19.9 Å². The van der Waals surface area contributed by atoms with Crippen molar-refractivity contribution < 1.29 is 129 Å². The molecule has 26 nitrogen and oxygen atoms in total. The second-order valence-corrected chi connectivity index (χ2v) is 26.9. The lowest BCUT2D eigenvalue weighted by molar-refractivity contribution is -0.400. The van der Waals surface area contributed by atoms with E-state index in [0.717, 1.165) is 5.57 Å². The molecule has 15 N–H and O–H groups in total. The van der Waals surface area contributed by atoms with Crippen molar-refractivity contribution in [2.45, 2.75) is 235 Å². The summed E-state index contributed by atoms with van der Waals surface area (Å²) in [7, 11) is 0. The van der Waals surface area contributed by atoms with Crippen LogP contribution >= 0.6 is 0 Å². The van der Waals surface area contributed by atoms with Gasteiger partial charge in [-0.25, -0.2) is 9.59 Å². The van der Waals surface area contributed by atoms with Gasteiger partial charge in [-0.2, -0.15) is 0 Å². The first-order valence-electron chi connectivity index (χ1n) is 29.1. The molecule has 474 valence electrons. The third-order valence-corrected chi connectivity index (χ3v) is 22.1. The first kappa shape index (κ1) is 65.0. The molecule has 0 amide bonds. The lowest BCUT2D eigenvalue weighted by Gasteiger charge is -2.72. The lowest BCUT2D eigenvalue weighted by Crippen LogP contribution is -2.72. The van der Waals surface area contributed by atoms with Gasteiger partial charge in [-0.3, -0.25) is 0 Å². The molecular formula is C57H90O26. The number of carboxylic acids is 1. The average Bonchev–Trinajstić information content (AvgIpc) is 0.730. The van der Waals surface area contributed by atoms with Crippen LogP contribution in [0.25, 0.3) is 0 Å². The maximum Gasteiger partial charge on any atom is 0.335 e. The van der Waals surface area contributed by atoms with E-state index in [1.165, 1.54) is 0 Å². The predicted octanol–water partition coefficient (Wildman–Crippen LogP) is -2.79. The smallest absolute Gasteiger partial charge is 0.335 e. The molecule has 4 saturated carbocycles. The molecule has 0 aromatic carbocycles. The Kier molecular flexibility index (Phi) is 18.6. The Hall–Kier alpha value is -2.46. The number of carbonyl (C=O) groups is 2. The van der Waals surface area contributed by atoms with Crippen molar-refractivity contribution in [2.24, 2.45) is 50.2 Å². The Morgan fingerprint density at radius 3 is 1.92 bits per heavy atom. The molecule has 0 aromatic heterocycles. The van der Waals surface area contributed by atoms with Crippen molar-refractivity contribution in [1.29, 1.82) is 0 Å². The first-order valence-corrected chi connectivity index (χ1v) is 29.1. The number of esters is 1. The standard InChI is InChI=1S/C57H90O26/c1-9-23(2)47(74)83-45-44(71)57(22-60)25(16-52(45,3)4)24-10-11-30-53(5)14-13-32(54(6,21-59)29(53)12-15-55(30,7)56(24,8)17-31(57)63)78-51-43(82-49-38(69)36(67)35(66)28(18-58)77-49)40(39(70)41(80-51)46(72)73)79-50-42(34(65)27(62)20-76-50)81-48-37(68)33(64)26(61)19-75-48/h9-10,25-45,48-51,58-71H,11-22H2,1-8H3,(H,72,73)/b23-9-/t25-,26+,27-,28+,29+,30+,31+,32-,33-,34-,35-,36-,37+,38+,39-,40-,41-,42+,43+,44-,45-,48-,49-,50-,51+,53-,54-,55+,56+,57-/m0/s1. The third kappa shape index (κ3) is 10.5. The van der Waals surface area contributed by atoms with E-state index in [9.17, 15) is 86.2 Å². The first-order chi connectivity index (χ1) is 38.9. The molecule has 0 radical (unpaired) electrons. The number of carbonyl (C=O) groups excluding carboxylic acids is 1. The minimum Gasteiger partial charge on any atom is -0.479 e. The highest BCUT2D eigenvalue weighted by atomic mass is 16.8. The van der Waals surface area contributed by atoms with Crippen LogP contribution in [0.4, 0.5) is 0 Å². The Labute approximate surface area is 481 Å². The van der Waals surface area contributed by atoms with Gasteiger partial charge >= 0.3 is 11.9 Å². The molecule has 30 atom stereocenters. The van der Waals surface area contributed by atoms with Crippen LogP contribution in [0.15, 0.2) is 23.3 Å². The largest absolute Gasteiger partial charge is 0.479 e. The van der Waals surface area contributed by atoms with E-state index in [4.69, 9.17) is 42.6 Å². The minimum atomic E-state index is -2.25. The van der Waals surface area contributed by atoms with Crippen LogP contribution in [0, 0.1) is 50.2 Å². The number of carboxylic acid groups (broad SMARTS) is 1. The molecule has 4 saturated heterocycles. The Bertz CT molecular complexity index is 2390. The number of hydrogen-bond acceptors (Lipinski definition) is 25. The molecule has 9 rings (SSSR count). The quantitative estimate of drug-likeness (QED) is 0.0362. The Morgan fingerprint density at radius 2 is 1.29 bits per heavy atom. The number of allylic oxidation sites excluding steroid dienone is 3. The van der Waals surface area contributed by atoms with E-state index in [-0.39, 0.29) is 24.7 Å². The highest BCUT2D eigenvalue weighted by Crippen LogP contribution is 2.76. The molecule has 0 bridgehead atoms. The van der Waals surface area contributed by atoms with Gasteiger partial charge in [0.2, 0.25) is 0 Å². The van der Waals surface area contributed by atoms with Crippen molar-refractivity contribution in [3.63, 3.8) is 0 Å². The fourth-order valence-corrected chi connectivity index (χ4v) is 16.8. The van der Waals surface area contributed by atoms with Gasteiger partial charge in [0.25, 0.3) is 0 Å². The third-order valence-electron chi connectivity index (χ3n) is 22.1. The molecule has 4 aliphatic heterocycles. The summed E-state index contributed by atoms with van der Waals surface area (Å²) in [5.41, 5.74) is -3.80. The van der Waals surface area contributed by atoms with Gasteiger partial charge < -0.3 is 119 Å². The maximum atomic E-state index is 13.2. The van der Waals surface area contributed by atoms with E-state index in [0.29, 0.717) is 37.7 Å². The Balaban J connectivity index is 1.04. The van der Waals surface area contributed by atoms with E-state index in [2.05, 4.69) is 26.8 Å². The monoisotopic (exact) mass is 1190 g/mol. The van der Waals surface area contributed by atoms with Gasteiger partial charge in [0.15, 0.2) is 31.3 Å². The van der Waals surface area contributed by atoms with Gasteiger partial charge in [0, 0.05) is 16.4 Å². The second-order valence-electron chi connectivity index (χ2n) is 26.9.